The van der Waals surface area contributed by atoms with Gasteiger partial charge < -0.3 is 14.7 Å². The predicted octanol–water partition coefficient (Wildman–Crippen LogP) is 0.410. The molecule has 4 nitrogen and oxygen atoms in total. The Morgan fingerprint density at radius 2 is 1.81 bits per heavy atom. The third-order valence-corrected chi connectivity index (χ3v) is 2.89. The topological polar surface area (TPSA) is 35.9 Å². The van der Waals surface area contributed by atoms with Gasteiger partial charge in [-0.3, -0.25) is 4.90 Å². The molecule has 1 aliphatic rings. The average molecular weight is 230 g/mol. The van der Waals surface area contributed by atoms with Gasteiger partial charge in [0.25, 0.3) is 0 Å². The summed E-state index contributed by atoms with van der Waals surface area (Å²) >= 11 is 0. The Hall–Kier alpha value is -0.160. The van der Waals surface area contributed by atoms with Crippen LogP contribution in [0.3, 0.4) is 0 Å². The first-order valence-corrected chi connectivity index (χ1v) is 6.14. The lowest BCUT2D eigenvalue weighted by Gasteiger charge is -2.37. The maximum atomic E-state index is 10.2. The van der Waals surface area contributed by atoms with Crippen molar-refractivity contribution in [3.8, 4) is 0 Å². The molecule has 1 saturated heterocycles. The van der Waals surface area contributed by atoms with Crippen LogP contribution in [0.1, 0.15) is 20.8 Å². The number of rotatable bonds is 5. The van der Waals surface area contributed by atoms with Gasteiger partial charge in [0.15, 0.2) is 0 Å². The van der Waals surface area contributed by atoms with Crippen molar-refractivity contribution in [3.05, 3.63) is 0 Å². The fourth-order valence-electron chi connectivity index (χ4n) is 1.88. The molecule has 1 unspecified atom stereocenters. The molecule has 1 fully saturated rings. The monoisotopic (exact) mass is 230 g/mol. The third-order valence-electron chi connectivity index (χ3n) is 2.89. The Bertz CT molecular complexity index is 199. The lowest BCUT2D eigenvalue weighted by molar-refractivity contribution is -0.0730. The van der Waals surface area contributed by atoms with Crippen LogP contribution in [0.4, 0.5) is 0 Å². The van der Waals surface area contributed by atoms with Crippen LogP contribution in [-0.4, -0.2) is 73.0 Å². The van der Waals surface area contributed by atoms with Crippen molar-refractivity contribution in [2.75, 3.05) is 46.4 Å². The average Bonchev–Trinajstić information content (AvgIpc) is 2.19. The van der Waals surface area contributed by atoms with Gasteiger partial charge in [-0.1, -0.05) is 0 Å². The Morgan fingerprint density at radius 1 is 1.25 bits per heavy atom. The van der Waals surface area contributed by atoms with E-state index < -0.39 is 5.60 Å². The summed E-state index contributed by atoms with van der Waals surface area (Å²) in [7, 11) is 2.14. The van der Waals surface area contributed by atoms with Crippen LogP contribution in [0.5, 0.6) is 0 Å². The lowest BCUT2D eigenvalue weighted by atomic mass is 10.1. The molecule has 0 bridgehead atoms. The number of hydrogen-bond acceptors (Lipinski definition) is 4. The Labute approximate surface area is 99.2 Å². The van der Waals surface area contributed by atoms with E-state index in [1.165, 1.54) is 0 Å². The minimum Gasteiger partial charge on any atom is -0.386 e. The number of nitrogens with zero attached hydrogens (tertiary/aromatic N) is 2. The van der Waals surface area contributed by atoms with Crippen molar-refractivity contribution >= 4 is 0 Å². The molecular formula is C12H26N2O2. The molecule has 0 spiro atoms. The highest BCUT2D eigenvalue weighted by atomic mass is 16.5. The third kappa shape index (κ3) is 5.25. The zero-order chi connectivity index (χ0) is 12.2. The molecule has 1 aliphatic heterocycles. The van der Waals surface area contributed by atoms with E-state index in [-0.39, 0.29) is 6.10 Å². The molecule has 96 valence electrons. The van der Waals surface area contributed by atoms with E-state index in [2.05, 4.69) is 16.8 Å². The van der Waals surface area contributed by atoms with Crippen molar-refractivity contribution in [2.24, 2.45) is 0 Å². The van der Waals surface area contributed by atoms with Gasteiger partial charge in [0.2, 0.25) is 0 Å². The first kappa shape index (κ1) is 13.9. The Kier molecular flexibility index (Phi) is 5.18. The van der Waals surface area contributed by atoms with Crippen LogP contribution in [-0.2, 0) is 4.74 Å². The number of aliphatic hydroxyl groups is 1. The summed E-state index contributed by atoms with van der Waals surface area (Å²) in [6.07, 6.45) is 0.180. The van der Waals surface area contributed by atoms with Crippen molar-refractivity contribution in [3.63, 3.8) is 0 Å². The zero-order valence-electron chi connectivity index (χ0n) is 11.1. The fraction of sp³-hybridized carbons (Fsp3) is 1.00. The first-order chi connectivity index (χ1) is 7.39. The summed E-state index contributed by atoms with van der Waals surface area (Å²) in [5, 5.41) is 10.2. The molecule has 0 radical (unpaired) electrons. The number of ether oxygens (including phenoxy) is 1. The van der Waals surface area contributed by atoms with Crippen molar-refractivity contribution in [1.29, 1.82) is 0 Å². The molecule has 1 heterocycles. The quantitative estimate of drug-likeness (QED) is 0.742. The van der Waals surface area contributed by atoms with Gasteiger partial charge in [-0.25, -0.2) is 0 Å². The van der Waals surface area contributed by atoms with E-state index in [0.717, 1.165) is 26.2 Å². The highest BCUT2D eigenvalue weighted by Crippen LogP contribution is 2.10. The second-order valence-corrected chi connectivity index (χ2v) is 5.44. The molecule has 16 heavy (non-hydrogen) atoms. The minimum atomic E-state index is -0.736. The van der Waals surface area contributed by atoms with E-state index in [0.29, 0.717) is 13.2 Å². The van der Waals surface area contributed by atoms with E-state index in [1.54, 1.807) is 0 Å². The van der Waals surface area contributed by atoms with Gasteiger partial charge >= 0.3 is 0 Å². The standard InChI is InChI=1S/C12H26N2O2/c1-11(2)16-10-12(3,15)9-14-7-5-13(4)6-8-14/h11,15H,5-10H2,1-4H3. The smallest absolute Gasteiger partial charge is 0.0978 e. The highest BCUT2D eigenvalue weighted by Gasteiger charge is 2.26. The highest BCUT2D eigenvalue weighted by molar-refractivity contribution is 4.80. The normalized spacial score (nSPS) is 23.6. The molecule has 1 N–H and O–H groups in total. The second-order valence-electron chi connectivity index (χ2n) is 5.44. The SMILES string of the molecule is CC(C)OCC(C)(O)CN1CCN(C)CC1. The largest absolute Gasteiger partial charge is 0.386 e. The van der Waals surface area contributed by atoms with E-state index in [4.69, 9.17) is 4.74 Å². The number of hydrogen-bond donors (Lipinski definition) is 1. The molecule has 0 saturated carbocycles. The van der Waals surface area contributed by atoms with E-state index in [9.17, 15) is 5.11 Å². The van der Waals surface area contributed by atoms with Gasteiger partial charge in [0, 0.05) is 32.7 Å². The second kappa shape index (κ2) is 5.96. The molecule has 0 aromatic rings. The summed E-state index contributed by atoms with van der Waals surface area (Å²) in [5.41, 5.74) is -0.736. The molecule has 0 amide bonds. The summed E-state index contributed by atoms with van der Waals surface area (Å²) in [5.74, 6) is 0. The molecular weight excluding hydrogens is 204 g/mol. The van der Waals surface area contributed by atoms with Crippen LogP contribution in [0, 0.1) is 0 Å². The van der Waals surface area contributed by atoms with E-state index in [1.807, 2.05) is 20.8 Å². The Balaban J connectivity index is 2.28. The summed E-state index contributed by atoms with van der Waals surface area (Å²) in [4.78, 5) is 4.62. The number of piperazine rings is 1. The van der Waals surface area contributed by atoms with Gasteiger partial charge in [0.1, 0.15) is 0 Å². The van der Waals surface area contributed by atoms with Crippen LogP contribution < -0.4 is 0 Å². The van der Waals surface area contributed by atoms with Crippen LogP contribution >= 0.6 is 0 Å². The molecule has 4 heteroatoms. The Morgan fingerprint density at radius 3 is 2.31 bits per heavy atom. The lowest BCUT2D eigenvalue weighted by Crippen LogP contribution is -2.51. The molecule has 1 atom stereocenters. The van der Waals surface area contributed by atoms with Crippen LogP contribution in [0.2, 0.25) is 0 Å². The van der Waals surface area contributed by atoms with Crippen LogP contribution in [0.25, 0.3) is 0 Å². The van der Waals surface area contributed by atoms with E-state index >= 15 is 0 Å². The summed E-state index contributed by atoms with van der Waals surface area (Å²) in [6.45, 7) is 11.2. The molecule has 0 aliphatic carbocycles. The number of β-amino-alcohol motifs (C(OH)–C–C–N with tert-alkyl or cyclic N) is 1. The van der Waals surface area contributed by atoms with Gasteiger partial charge in [-0.2, -0.15) is 0 Å². The van der Waals surface area contributed by atoms with Crippen molar-refractivity contribution in [2.45, 2.75) is 32.5 Å². The summed E-state index contributed by atoms with van der Waals surface area (Å²) < 4.78 is 5.48. The number of likely N-dealkylation sites (N-methyl/N-ethyl adjacent to an activating group) is 1. The molecule has 1 rings (SSSR count). The van der Waals surface area contributed by atoms with Crippen molar-refractivity contribution < 1.29 is 9.84 Å². The van der Waals surface area contributed by atoms with Gasteiger partial charge in [0.05, 0.1) is 18.3 Å². The van der Waals surface area contributed by atoms with Crippen molar-refractivity contribution in [1.82, 2.24) is 9.80 Å². The minimum absolute atomic E-state index is 0.180. The fourth-order valence-corrected chi connectivity index (χ4v) is 1.88. The van der Waals surface area contributed by atoms with Gasteiger partial charge in [-0.15, -0.1) is 0 Å². The first-order valence-electron chi connectivity index (χ1n) is 6.14. The molecule has 0 aromatic carbocycles. The maximum absolute atomic E-state index is 10.2. The van der Waals surface area contributed by atoms with Crippen LogP contribution in [0.15, 0.2) is 0 Å². The van der Waals surface area contributed by atoms with Gasteiger partial charge in [-0.05, 0) is 27.8 Å². The summed E-state index contributed by atoms with van der Waals surface area (Å²) in [6, 6.07) is 0. The maximum Gasteiger partial charge on any atom is 0.0978 e. The predicted molar refractivity (Wildman–Crippen MR) is 65.6 cm³/mol. The zero-order valence-corrected chi connectivity index (χ0v) is 11.1. The molecule has 0 aromatic heterocycles.